The molecule has 7 nitrogen and oxygen atoms in total. The van der Waals surface area contributed by atoms with Gasteiger partial charge >= 0.3 is 5.97 Å². The van der Waals surface area contributed by atoms with Gasteiger partial charge in [-0.3, -0.25) is 14.5 Å². The molecule has 1 amide bonds. The van der Waals surface area contributed by atoms with E-state index in [4.69, 9.17) is 14.6 Å². The minimum atomic E-state index is -1.05. The Hall–Kier alpha value is -1.99. The average Bonchev–Trinajstić information content (AvgIpc) is 2.53. The van der Waals surface area contributed by atoms with E-state index in [0.29, 0.717) is 18.9 Å². The summed E-state index contributed by atoms with van der Waals surface area (Å²) in [5.74, 6) is 0.0690. The van der Waals surface area contributed by atoms with Crippen molar-refractivity contribution in [3.8, 4) is 11.5 Å². The van der Waals surface area contributed by atoms with Crippen LogP contribution in [-0.2, 0) is 9.59 Å². The number of nitrogens with zero attached hydrogens (tertiary/aromatic N) is 1. The van der Waals surface area contributed by atoms with E-state index in [9.17, 15) is 9.59 Å². The molecule has 0 aliphatic carbocycles. The van der Waals surface area contributed by atoms with E-state index in [1.165, 1.54) is 0 Å². The molecule has 1 aromatic rings. The Balaban J connectivity index is 0.00000288. The highest BCUT2D eigenvalue weighted by atomic mass is 35.5. The number of carboxylic acid groups (broad SMARTS) is 1. The van der Waals surface area contributed by atoms with Crippen molar-refractivity contribution in [2.45, 2.75) is 19.4 Å². The van der Waals surface area contributed by atoms with Gasteiger partial charge in [-0.1, -0.05) is 19.1 Å². The van der Waals surface area contributed by atoms with E-state index < -0.39 is 5.97 Å². The van der Waals surface area contributed by atoms with Gasteiger partial charge in [0.2, 0.25) is 5.91 Å². The fourth-order valence-electron chi connectivity index (χ4n) is 2.43. The van der Waals surface area contributed by atoms with E-state index in [-0.39, 0.29) is 37.5 Å². The molecule has 0 fully saturated rings. The van der Waals surface area contributed by atoms with Crippen LogP contribution in [0.3, 0.4) is 0 Å². The molecule has 0 spiro atoms. The second-order valence-electron chi connectivity index (χ2n) is 5.40. The number of nitrogens with one attached hydrogen (secondary N) is 1. The van der Waals surface area contributed by atoms with Crippen LogP contribution < -0.4 is 14.8 Å². The number of ether oxygens (including phenoxy) is 2. The van der Waals surface area contributed by atoms with Gasteiger partial charge in [-0.05, 0) is 25.1 Å². The van der Waals surface area contributed by atoms with Crippen LogP contribution in [0.4, 0.5) is 0 Å². The van der Waals surface area contributed by atoms with Crippen LogP contribution in [0.2, 0.25) is 0 Å². The molecule has 0 saturated carbocycles. The van der Waals surface area contributed by atoms with Gasteiger partial charge in [0.1, 0.15) is 19.3 Å². The first-order chi connectivity index (χ1) is 11.1. The summed E-state index contributed by atoms with van der Waals surface area (Å²) < 4.78 is 11.6. The number of hydrogen-bond acceptors (Lipinski definition) is 5. The summed E-state index contributed by atoms with van der Waals surface area (Å²) in [6, 6.07) is 7.48. The van der Waals surface area contributed by atoms with Gasteiger partial charge in [0, 0.05) is 6.54 Å². The first-order valence-corrected chi connectivity index (χ1v) is 7.67. The maximum atomic E-state index is 11.8. The number of carbonyl (C=O) groups excluding carboxylic acids is 1. The Morgan fingerprint density at radius 3 is 2.71 bits per heavy atom. The smallest absolute Gasteiger partial charge is 0.322 e. The first kappa shape index (κ1) is 20.1. The maximum Gasteiger partial charge on any atom is 0.322 e. The Labute approximate surface area is 147 Å². The normalized spacial score (nSPS) is 15.5. The molecule has 1 unspecified atom stereocenters. The SMILES string of the molecule is CCCN(CC(=O)NCC(=O)O)CC1COc2ccccc2O1.Cl. The molecule has 0 aromatic heterocycles. The van der Waals surface area contributed by atoms with Crippen LogP contribution in [0.5, 0.6) is 11.5 Å². The topological polar surface area (TPSA) is 88.1 Å². The van der Waals surface area contributed by atoms with Crippen molar-refractivity contribution in [2.24, 2.45) is 0 Å². The lowest BCUT2D eigenvalue weighted by Crippen LogP contribution is -2.46. The second-order valence-corrected chi connectivity index (χ2v) is 5.40. The van der Waals surface area contributed by atoms with Gasteiger partial charge in [0.25, 0.3) is 0 Å². The molecule has 1 heterocycles. The van der Waals surface area contributed by atoms with E-state index in [1.807, 2.05) is 36.1 Å². The largest absolute Gasteiger partial charge is 0.486 e. The number of carboxylic acids is 1. The van der Waals surface area contributed by atoms with Crippen molar-refractivity contribution in [1.82, 2.24) is 10.2 Å². The van der Waals surface area contributed by atoms with Crippen molar-refractivity contribution in [3.05, 3.63) is 24.3 Å². The van der Waals surface area contributed by atoms with E-state index in [1.54, 1.807) is 0 Å². The van der Waals surface area contributed by atoms with Crippen molar-refractivity contribution >= 4 is 24.3 Å². The quantitative estimate of drug-likeness (QED) is 0.725. The third kappa shape index (κ3) is 6.25. The molecular weight excluding hydrogens is 336 g/mol. The summed E-state index contributed by atoms with van der Waals surface area (Å²) >= 11 is 0. The molecule has 1 aromatic carbocycles. The molecule has 24 heavy (non-hydrogen) atoms. The predicted octanol–water partition coefficient (Wildman–Crippen LogP) is 1.16. The number of aliphatic carboxylic acids is 1. The van der Waals surface area contributed by atoms with Crippen LogP contribution in [-0.4, -0.2) is 60.8 Å². The van der Waals surface area contributed by atoms with Crippen LogP contribution in [0.25, 0.3) is 0 Å². The van der Waals surface area contributed by atoms with Crippen molar-refractivity contribution in [3.63, 3.8) is 0 Å². The fourth-order valence-corrected chi connectivity index (χ4v) is 2.43. The zero-order chi connectivity index (χ0) is 16.7. The highest BCUT2D eigenvalue weighted by Gasteiger charge is 2.23. The van der Waals surface area contributed by atoms with Crippen LogP contribution in [0, 0.1) is 0 Å². The van der Waals surface area contributed by atoms with Crippen molar-refractivity contribution in [2.75, 3.05) is 32.8 Å². The lowest BCUT2D eigenvalue weighted by Gasteiger charge is -2.30. The summed E-state index contributed by atoms with van der Waals surface area (Å²) in [7, 11) is 0. The Morgan fingerprint density at radius 1 is 1.33 bits per heavy atom. The second kappa shape index (κ2) is 10.00. The minimum absolute atomic E-state index is 0. The molecule has 0 bridgehead atoms. The lowest BCUT2D eigenvalue weighted by molar-refractivity contribution is -0.138. The summed E-state index contributed by atoms with van der Waals surface area (Å²) in [4.78, 5) is 24.2. The molecular formula is C16H23ClN2O5. The molecule has 134 valence electrons. The Bertz CT molecular complexity index is 555. The molecule has 1 aliphatic heterocycles. The number of para-hydroxylation sites is 2. The van der Waals surface area contributed by atoms with Crippen LogP contribution in [0.15, 0.2) is 24.3 Å². The zero-order valence-corrected chi connectivity index (χ0v) is 14.4. The molecule has 0 radical (unpaired) electrons. The van der Waals surface area contributed by atoms with E-state index in [2.05, 4.69) is 5.32 Å². The molecule has 8 heteroatoms. The van der Waals surface area contributed by atoms with Crippen molar-refractivity contribution < 1.29 is 24.2 Å². The third-order valence-electron chi connectivity index (χ3n) is 3.37. The van der Waals surface area contributed by atoms with Gasteiger partial charge in [0.15, 0.2) is 11.5 Å². The standard InChI is InChI=1S/C16H22N2O5.ClH/c1-2-7-18(10-15(19)17-8-16(20)21)9-12-11-22-13-5-3-4-6-14(13)23-12;/h3-6,12H,2,7-11H2,1H3,(H,17,19)(H,20,21);1H. The van der Waals surface area contributed by atoms with Gasteiger partial charge in [-0.2, -0.15) is 0 Å². The van der Waals surface area contributed by atoms with Gasteiger partial charge in [-0.15, -0.1) is 12.4 Å². The molecule has 0 saturated heterocycles. The zero-order valence-electron chi connectivity index (χ0n) is 13.6. The number of carbonyl (C=O) groups is 2. The Kier molecular flexibility index (Phi) is 8.35. The molecule has 1 atom stereocenters. The number of fused-ring (bicyclic) bond motifs is 1. The molecule has 2 N–H and O–H groups in total. The minimum Gasteiger partial charge on any atom is -0.486 e. The summed E-state index contributed by atoms with van der Waals surface area (Å²) in [6.07, 6.45) is 0.722. The monoisotopic (exact) mass is 358 g/mol. The molecule has 1 aliphatic rings. The van der Waals surface area contributed by atoms with Crippen LogP contribution >= 0.6 is 12.4 Å². The average molecular weight is 359 g/mol. The summed E-state index contributed by atoms with van der Waals surface area (Å²) in [5.41, 5.74) is 0. The number of rotatable bonds is 8. The summed E-state index contributed by atoms with van der Waals surface area (Å²) in [5, 5.41) is 11.0. The molecule has 2 rings (SSSR count). The number of amides is 1. The highest BCUT2D eigenvalue weighted by molar-refractivity contribution is 5.85. The van der Waals surface area contributed by atoms with E-state index >= 15 is 0 Å². The predicted molar refractivity (Wildman–Crippen MR) is 91.0 cm³/mol. The number of hydrogen-bond donors (Lipinski definition) is 2. The summed E-state index contributed by atoms with van der Waals surface area (Å²) in [6.45, 7) is 3.49. The maximum absolute atomic E-state index is 11.8. The first-order valence-electron chi connectivity index (χ1n) is 7.67. The van der Waals surface area contributed by atoms with Gasteiger partial charge in [0.05, 0.1) is 6.54 Å². The Morgan fingerprint density at radius 2 is 2.04 bits per heavy atom. The van der Waals surface area contributed by atoms with Crippen LogP contribution in [0.1, 0.15) is 13.3 Å². The van der Waals surface area contributed by atoms with Crippen molar-refractivity contribution in [1.29, 1.82) is 0 Å². The highest BCUT2D eigenvalue weighted by Crippen LogP contribution is 2.30. The number of benzene rings is 1. The third-order valence-corrected chi connectivity index (χ3v) is 3.37. The van der Waals surface area contributed by atoms with Gasteiger partial charge < -0.3 is 19.9 Å². The lowest BCUT2D eigenvalue weighted by atomic mass is 10.2. The van der Waals surface area contributed by atoms with Gasteiger partial charge in [-0.25, -0.2) is 0 Å². The fraction of sp³-hybridized carbons (Fsp3) is 0.500. The number of halogens is 1. The van der Waals surface area contributed by atoms with E-state index in [0.717, 1.165) is 18.7 Å².